The maximum absolute atomic E-state index is 12.1. The predicted molar refractivity (Wildman–Crippen MR) is 155 cm³/mol. The van der Waals surface area contributed by atoms with E-state index in [2.05, 4.69) is 40.7 Å². The minimum absolute atomic E-state index is 0.0665. The lowest BCUT2D eigenvalue weighted by Crippen LogP contribution is -2.48. The van der Waals surface area contributed by atoms with Crippen molar-refractivity contribution in [3.05, 3.63) is 86.7 Å². The van der Waals surface area contributed by atoms with Crippen LogP contribution in [0.4, 0.5) is 5.69 Å². The van der Waals surface area contributed by atoms with Crippen LogP contribution in [-0.4, -0.2) is 54.6 Å². The molecular formula is C31H29N5O5. The predicted octanol–water partition coefficient (Wildman–Crippen LogP) is 3.37. The molecule has 2 aromatic heterocycles. The number of hydrogen-bond donors (Lipinski definition) is 1. The summed E-state index contributed by atoms with van der Waals surface area (Å²) in [5.41, 5.74) is 4.95. The minimum atomic E-state index is -0.530. The number of rotatable bonds is 7. The van der Waals surface area contributed by atoms with Crippen LogP contribution in [0.1, 0.15) is 24.4 Å². The zero-order valence-corrected chi connectivity index (χ0v) is 22.8. The molecule has 0 radical (unpaired) electrons. The first-order chi connectivity index (χ1) is 20.1. The Hall–Kier alpha value is -4.70. The number of ether oxygens (including phenoxy) is 3. The van der Waals surface area contributed by atoms with Crippen molar-refractivity contribution in [3.8, 4) is 39.9 Å². The average Bonchev–Trinajstić information content (AvgIpc) is 3.60. The van der Waals surface area contributed by atoms with E-state index in [0.717, 1.165) is 52.3 Å². The van der Waals surface area contributed by atoms with Crippen LogP contribution in [-0.2, 0) is 0 Å². The Morgan fingerprint density at radius 2 is 1.73 bits per heavy atom. The summed E-state index contributed by atoms with van der Waals surface area (Å²) in [6.07, 6.45) is 1.70. The lowest BCUT2D eigenvalue weighted by atomic mass is 9.98. The number of benzene rings is 2. The fourth-order valence-electron chi connectivity index (χ4n) is 5.97. The summed E-state index contributed by atoms with van der Waals surface area (Å²) in [7, 11) is 3.04. The van der Waals surface area contributed by atoms with Gasteiger partial charge in [0.15, 0.2) is 11.4 Å². The second kappa shape index (κ2) is 10.0. The molecule has 0 bridgehead atoms. The molecule has 7 rings (SSSR count). The Morgan fingerprint density at radius 3 is 2.49 bits per heavy atom. The van der Waals surface area contributed by atoms with Crippen LogP contribution in [0.25, 0.3) is 28.2 Å². The molecule has 10 heteroatoms. The van der Waals surface area contributed by atoms with Gasteiger partial charge in [-0.3, -0.25) is 9.59 Å². The van der Waals surface area contributed by atoms with Crippen LogP contribution >= 0.6 is 0 Å². The number of imidazole rings is 1. The average molecular weight is 552 g/mol. The van der Waals surface area contributed by atoms with E-state index in [1.54, 1.807) is 7.11 Å². The molecule has 1 atom stereocenters. The van der Waals surface area contributed by atoms with Crippen LogP contribution in [0.15, 0.2) is 70.3 Å². The van der Waals surface area contributed by atoms with E-state index in [1.165, 1.54) is 7.11 Å². The first-order valence-electron chi connectivity index (χ1n) is 13.7. The molecule has 208 valence electrons. The Morgan fingerprint density at radius 1 is 0.927 bits per heavy atom. The van der Waals surface area contributed by atoms with Crippen molar-refractivity contribution in [2.45, 2.75) is 24.9 Å². The second-order valence-electron chi connectivity index (χ2n) is 10.4. The number of nitrogens with one attached hydrogen (secondary N) is 1. The third kappa shape index (κ3) is 4.22. The lowest BCUT2D eigenvalue weighted by Gasteiger charge is -2.35. The SMILES string of the molecule is COc1ccc2nc(-c3ccc4c(c3)OC[C@@H]4NC3CCN(c4c(OC)c(=O)c4=O)CC3)c(-c3ccccc3)n2n1. The molecule has 2 aliphatic heterocycles. The molecule has 10 nitrogen and oxygen atoms in total. The maximum Gasteiger partial charge on any atom is 0.272 e. The molecule has 1 saturated heterocycles. The molecule has 3 aromatic carbocycles. The summed E-state index contributed by atoms with van der Waals surface area (Å²) in [5.74, 6) is 1.54. The second-order valence-corrected chi connectivity index (χ2v) is 10.4. The fourth-order valence-corrected chi connectivity index (χ4v) is 5.97. The van der Waals surface area contributed by atoms with Gasteiger partial charge >= 0.3 is 0 Å². The van der Waals surface area contributed by atoms with Gasteiger partial charge in [0.1, 0.15) is 23.7 Å². The quantitative estimate of drug-likeness (QED) is 0.305. The summed E-state index contributed by atoms with van der Waals surface area (Å²) in [5, 5.41) is 8.40. The lowest BCUT2D eigenvalue weighted by molar-refractivity contribution is 0.283. The largest absolute Gasteiger partial charge is 0.491 e. The van der Waals surface area contributed by atoms with Crippen LogP contribution in [0.3, 0.4) is 0 Å². The van der Waals surface area contributed by atoms with Gasteiger partial charge in [0.25, 0.3) is 10.9 Å². The normalized spacial score (nSPS) is 17.1. The van der Waals surface area contributed by atoms with Gasteiger partial charge in [-0.1, -0.05) is 42.5 Å². The number of nitrogens with zero attached hydrogens (tertiary/aromatic N) is 4. The highest BCUT2D eigenvalue weighted by molar-refractivity contribution is 5.82. The molecule has 0 spiro atoms. The van der Waals surface area contributed by atoms with Gasteiger partial charge in [-0.15, -0.1) is 5.10 Å². The Balaban J connectivity index is 1.12. The van der Waals surface area contributed by atoms with E-state index in [0.29, 0.717) is 31.3 Å². The highest BCUT2D eigenvalue weighted by atomic mass is 16.5. The summed E-state index contributed by atoms with van der Waals surface area (Å²) < 4.78 is 18.5. The van der Waals surface area contributed by atoms with Gasteiger partial charge in [0, 0.05) is 41.9 Å². The summed E-state index contributed by atoms with van der Waals surface area (Å²) >= 11 is 0. The monoisotopic (exact) mass is 551 g/mol. The van der Waals surface area contributed by atoms with Crippen LogP contribution in [0.5, 0.6) is 17.4 Å². The van der Waals surface area contributed by atoms with E-state index in [4.69, 9.17) is 19.2 Å². The van der Waals surface area contributed by atoms with Crippen molar-refractivity contribution < 1.29 is 14.2 Å². The number of aromatic nitrogens is 3. The minimum Gasteiger partial charge on any atom is -0.491 e. The third-order valence-corrected chi connectivity index (χ3v) is 8.07. The van der Waals surface area contributed by atoms with E-state index >= 15 is 0 Å². The van der Waals surface area contributed by atoms with Gasteiger partial charge in [0.2, 0.25) is 5.88 Å². The summed E-state index contributed by atoms with van der Waals surface area (Å²) in [6, 6.07) is 20.4. The number of methoxy groups -OCH3 is 2. The molecular weight excluding hydrogens is 522 g/mol. The summed E-state index contributed by atoms with van der Waals surface area (Å²) in [4.78, 5) is 30.7. The van der Waals surface area contributed by atoms with Crippen molar-refractivity contribution >= 4 is 11.3 Å². The Labute approximate surface area is 235 Å². The van der Waals surface area contributed by atoms with Crippen molar-refractivity contribution in [2.24, 2.45) is 0 Å². The van der Waals surface area contributed by atoms with Gasteiger partial charge in [-0.2, -0.15) is 0 Å². The molecule has 2 aliphatic rings. The molecule has 0 saturated carbocycles. The van der Waals surface area contributed by atoms with Crippen molar-refractivity contribution in [2.75, 3.05) is 38.8 Å². The van der Waals surface area contributed by atoms with E-state index < -0.39 is 10.9 Å². The first-order valence-corrected chi connectivity index (χ1v) is 13.7. The number of fused-ring (bicyclic) bond motifs is 2. The maximum atomic E-state index is 12.1. The number of piperidine rings is 1. The molecule has 0 amide bonds. The van der Waals surface area contributed by atoms with Crippen molar-refractivity contribution in [1.82, 2.24) is 19.9 Å². The van der Waals surface area contributed by atoms with Gasteiger partial charge in [-0.05, 0) is 25.0 Å². The topological polar surface area (TPSA) is 107 Å². The van der Waals surface area contributed by atoms with Crippen molar-refractivity contribution in [1.29, 1.82) is 0 Å². The van der Waals surface area contributed by atoms with Gasteiger partial charge in [-0.25, -0.2) is 9.50 Å². The zero-order chi connectivity index (χ0) is 28.1. The molecule has 0 aliphatic carbocycles. The highest BCUT2D eigenvalue weighted by Crippen LogP contribution is 2.39. The molecule has 5 aromatic rings. The first kappa shape index (κ1) is 25.3. The molecule has 1 N–H and O–H groups in total. The van der Waals surface area contributed by atoms with Crippen LogP contribution in [0, 0.1) is 0 Å². The van der Waals surface area contributed by atoms with Crippen molar-refractivity contribution in [3.63, 3.8) is 0 Å². The molecule has 41 heavy (non-hydrogen) atoms. The van der Waals surface area contributed by atoms with E-state index in [9.17, 15) is 9.59 Å². The molecule has 1 fully saturated rings. The van der Waals surface area contributed by atoms with Gasteiger partial charge in [0.05, 0.1) is 26.0 Å². The smallest absolute Gasteiger partial charge is 0.272 e. The van der Waals surface area contributed by atoms with Crippen LogP contribution < -0.4 is 35.3 Å². The molecule has 4 heterocycles. The van der Waals surface area contributed by atoms with E-state index in [1.807, 2.05) is 39.7 Å². The third-order valence-electron chi connectivity index (χ3n) is 8.07. The number of anilines is 1. The summed E-state index contributed by atoms with van der Waals surface area (Å²) in [6.45, 7) is 1.92. The molecule has 0 unspecified atom stereocenters. The number of hydrogen-bond acceptors (Lipinski definition) is 9. The Bertz CT molecular complexity index is 1820. The highest BCUT2D eigenvalue weighted by Gasteiger charge is 2.32. The standard InChI is InChI=1S/C31H29N5O5/c1-39-25-11-10-24-33-26(27(36(24)34-25)18-6-4-3-5-7-18)19-8-9-21-22(17-41-23(21)16-19)32-20-12-14-35(15-13-20)28-29(37)30(38)31(28)40-2/h3-11,16,20,22,32H,12-15,17H2,1-2H3/t22-/m0/s1. The Kier molecular flexibility index (Phi) is 6.19. The fraction of sp³-hybridized carbons (Fsp3) is 0.290. The van der Waals surface area contributed by atoms with Gasteiger partial charge < -0.3 is 24.4 Å². The van der Waals surface area contributed by atoms with E-state index in [-0.39, 0.29) is 17.8 Å². The zero-order valence-electron chi connectivity index (χ0n) is 22.8. The van der Waals surface area contributed by atoms with Crippen LogP contribution in [0.2, 0.25) is 0 Å².